The average molecular weight is 346 g/mol. The highest BCUT2D eigenvalue weighted by Crippen LogP contribution is 2.30. The Bertz CT molecular complexity index is 730. The van der Waals surface area contributed by atoms with Crippen LogP contribution in [0.15, 0.2) is 42.5 Å². The molecule has 0 fully saturated rings. The number of hydrogen-bond acceptors (Lipinski definition) is 3. The summed E-state index contributed by atoms with van der Waals surface area (Å²) in [6.07, 6.45) is 0. The van der Waals surface area contributed by atoms with E-state index in [4.69, 9.17) is 28.3 Å². The SMILES string of the molecule is O=S(=O)(Cc1ccc(CO)cc1)Nc1cccc(Cl)c1Cl. The molecule has 21 heavy (non-hydrogen) atoms. The van der Waals surface area contributed by atoms with Crippen LogP contribution in [0, 0.1) is 0 Å². The van der Waals surface area contributed by atoms with E-state index < -0.39 is 10.0 Å². The van der Waals surface area contributed by atoms with Crippen molar-refractivity contribution in [3.63, 3.8) is 0 Å². The maximum absolute atomic E-state index is 12.1. The van der Waals surface area contributed by atoms with Crippen molar-refractivity contribution < 1.29 is 13.5 Å². The van der Waals surface area contributed by atoms with E-state index >= 15 is 0 Å². The molecule has 0 aliphatic carbocycles. The number of aliphatic hydroxyl groups is 1. The van der Waals surface area contributed by atoms with Gasteiger partial charge in [0.15, 0.2) is 0 Å². The lowest BCUT2D eigenvalue weighted by molar-refractivity contribution is 0.282. The molecule has 0 unspecified atom stereocenters. The summed E-state index contributed by atoms with van der Waals surface area (Å²) >= 11 is 11.8. The molecule has 2 rings (SSSR count). The summed E-state index contributed by atoms with van der Waals surface area (Å²) in [6.45, 7) is -0.0800. The molecule has 0 heterocycles. The minimum atomic E-state index is -3.60. The Labute approximate surface area is 133 Å². The molecule has 0 amide bonds. The third-order valence-corrected chi connectivity index (χ3v) is 4.84. The van der Waals surface area contributed by atoms with Crippen molar-refractivity contribution >= 4 is 38.9 Å². The van der Waals surface area contributed by atoms with Gasteiger partial charge in [0.2, 0.25) is 10.0 Å². The first-order valence-corrected chi connectivity index (χ1v) is 8.45. The average Bonchev–Trinajstić information content (AvgIpc) is 2.44. The predicted octanol–water partition coefficient (Wildman–Crippen LogP) is 3.43. The van der Waals surface area contributed by atoms with Crippen LogP contribution in [0.4, 0.5) is 5.69 Å². The van der Waals surface area contributed by atoms with Gasteiger partial charge in [-0.1, -0.05) is 53.5 Å². The highest BCUT2D eigenvalue weighted by Gasteiger charge is 2.14. The first-order valence-electron chi connectivity index (χ1n) is 6.04. The van der Waals surface area contributed by atoms with Crippen LogP contribution >= 0.6 is 23.2 Å². The molecule has 0 aliphatic rings. The van der Waals surface area contributed by atoms with Gasteiger partial charge in [0.1, 0.15) is 0 Å². The molecule has 2 aromatic rings. The first kappa shape index (κ1) is 16.1. The summed E-state index contributed by atoms with van der Waals surface area (Å²) in [5.41, 5.74) is 1.58. The molecule has 0 radical (unpaired) electrons. The fourth-order valence-electron chi connectivity index (χ4n) is 1.75. The van der Waals surface area contributed by atoms with Crippen molar-refractivity contribution in [2.24, 2.45) is 0 Å². The lowest BCUT2D eigenvalue weighted by Crippen LogP contribution is -2.15. The van der Waals surface area contributed by atoms with Gasteiger partial charge < -0.3 is 5.11 Å². The van der Waals surface area contributed by atoms with Crippen molar-refractivity contribution in [1.29, 1.82) is 0 Å². The van der Waals surface area contributed by atoms with Gasteiger partial charge in [-0.25, -0.2) is 8.42 Å². The second-order valence-corrected chi connectivity index (χ2v) is 6.94. The Kier molecular flexibility index (Phi) is 5.11. The number of hydrogen-bond donors (Lipinski definition) is 2. The maximum Gasteiger partial charge on any atom is 0.236 e. The first-order chi connectivity index (χ1) is 9.91. The van der Waals surface area contributed by atoms with Crippen molar-refractivity contribution in [2.45, 2.75) is 12.4 Å². The monoisotopic (exact) mass is 345 g/mol. The molecular formula is C14H13Cl2NO3S. The Morgan fingerprint density at radius 2 is 1.62 bits per heavy atom. The molecule has 2 aromatic carbocycles. The van der Waals surface area contributed by atoms with Gasteiger partial charge in [0.05, 0.1) is 28.1 Å². The van der Waals surface area contributed by atoms with Crippen LogP contribution in [0.25, 0.3) is 0 Å². The second kappa shape index (κ2) is 6.66. The maximum atomic E-state index is 12.1. The van der Waals surface area contributed by atoms with E-state index in [1.54, 1.807) is 42.5 Å². The standard InChI is InChI=1S/C14H13Cl2NO3S/c15-12-2-1-3-13(14(12)16)17-21(19,20)9-11-6-4-10(8-18)5-7-11/h1-7,17-18H,8-9H2. The normalized spacial score (nSPS) is 11.4. The largest absolute Gasteiger partial charge is 0.392 e. The number of nitrogens with one attached hydrogen (secondary N) is 1. The van der Waals surface area contributed by atoms with Gasteiger partial charge in [-0.3, -0.25) is 4.72 Å². The van der Waals surface area contributed by atoms with E-state index in [0.29, 0.717) is 5.56 Å². The van der Waals surface area contributed by atoms with Crippen molar-refractivity contribution in [3.8, 4) is 0 Å². The third-order valence-electron chi connectivity index (χ3n) is 2.78. The molecule has 0 spiro atoms. The zero-order valence-electron chi connectivity index (χ0n) is 10.9. The second-order valence-electron chi connectivity index (χ2n) is 4.44. The summed E-state index contributed by atoms with van der Waals surface area (Å²) in [7, 11) is -3.60. The smallest absolute Gasteiger partial charge is 0.236 e. The minimum absolute atomic E-state index is 0.0800. The molecule has 0 bridgehead atoms. The fourth-order valence-corrected chi connectivity index (χ4v) is 3.36. The number of anilines is 1. The van der Waals surface area contributed by atoms with E-state index in [9.17, 15) is 8.42 Å². The van der Waals surface area contributed by atoms with E-state index in [1.807, 2.05) is 0 Å². The van der Waals surface area contributed by atoms with Crippen LogP contribution in [0.2, 0.25) is 10.0 Å². The third kappa shape index (κ3) is 4.35. The van der Waals surface area contributed by atoms with Crippen molar-refractivity contribution in [1.82, 2.24) is 0 Å². The summed E-state index contributed by atoms with van der Waals surface area (Å²) in [5.74, 6) is -0.193. The van der Waals surface area contributed by atoms with Crippen LogP contribution in [0.1, 0.15) is 11.1 Å². The molecule has 0 atom stereocenters. The van der Waals surface area contributed by atoms with Crippen LogP contribution in [0.3, 0.4) is 0 Å². The Hall–Kier alpha value is -1.27. The predicted molar refractivity (Wildman–Crippen MR) is 85.1 cm³/mol. The van der Waals surface area contributed by atoms with Crippen molar-refractivity contribution in [3.05, 3.63) is 63.6 Å². The van der Waals surface area contributed by atoms with E-state index in [0.717, 1.165) is 5.56 Å². The van der Waals surface area contributed by atoms with E-state index in [2.05, 4.69) is 4.72 Å². The van der Waals surface area contributed by atoms with Crippen LogP contribution in [0.5, 0.6) is 0 Å². The summed E-state index contributed by atoms with van der Waals surface area (Å²) in [5, 5.41) is 9.40. The molecule has 112 valence electrons. The number of rotatable bonds is 5. The van der Waals surface area contributed by atoms with Gasteiger partial charge >= 0.3 is 0 Å². The van der Waals surface area contributed by atoms with Crippen LogP contribution in [-0.4, -0.2) is 13.5 Å². The quantitative estimate of drug-likeness (QED) is 0.872. The Balaban J connectivity index is 2.16. The lowest BCUT2D eigenvalue weighted by Gasteiger charge is -2.10. The Morgan fingerprint density at radius 3 is 2.24 bits per heavy atom. The van der Waals surface area contributed by atoms with Gasteiger partial charge in [-0.15, -0.1) is 0 Å². The number of sulfonamides is 1. The molecule has 0 aromatic heterocycles. The van der Waals surface area contributed by atoms with Crippen LogP contribution in [-0.2, 0) is 22.4 Å². The van der Waals surface area contributed by atoms with E-state index in [-0.39, 0.29) is 28.1 Å². The molecule has 4 nitrogen and oxygen atoms in total. The zero-order valence-corrected chi connectivity index (χ0v) is 13.2. The molecule has 0 saturated carbocycles. The van der Waals surface area contributed by atoms with Crippen molar-refractivity contribution in [2.75, 3.05) is 4.72 Å². The van der Waals surface area contributed by atoms with Gasteiger partial charge in [0.25, 0.3) is 0 Å². The summed E-state index contributed by atoms with van der Waals surface area (Å²) in [4.78, 5) is 0. The summed E-state index contributed by atoms with van der Waals surface area (Å²) < 4.78 is 26.7. The number of benzene rings is 2. The molecular weight excluding hydrogens is 333 g/mol. The number of aliphatic hydroxyl groups excluding tert-OH is 1. The van der Waals surface area contributed by atoms with Gasteiger partial charge in [-0.2, -0.15) is 0 Å². The van der Waals surface area contributed by atoms with Gasteiger partial charge in [-0.05, 0) is 23.3 Å². The topological polar surface area (TPSA) is 66.4 Å². The van der Waals surface area contributed by atoms with Gasteiger partial charge in [0, 0.05) is 0 Å². The Morgan fingerprint density at radius 1 is 1.00 bits per heavy atom. The molecule has 0 aliphatic heterocycles. The summed E-state index contributed by atoms with van der Waals surface area (Å²) in [6, 6.07) is 11.4. The minimum Gasteiger partial charge on any atom is -0.392 e. The molecule has 0 saturated heterocycles. The highest BCUT2D eigenvalue weighted by atomic mass is 35.5. The fraction of sp³-hybridized carbons (Fsp3) is 0.143. The number of halogens is 2. The van der Waals surface area contributed by atoms with Crippen LogP contribution < -0.4 is 4.72 Å². The van der Waals surface area contributed by atoms with E-state index in [1.165, 1.54) is 0 Å². The molecule has 7 heteroatoms. The molecule has 2 N–H and O–H groups in total. The highest BCUT2D eigenvalue weighted by molar-refractivity contribution is 7.91. The lowest BCUT2D eigenvalue weighted by atomic mass is 10.2. The zero-order chi connectivity index (χ0) is 15.5.